The molecule has 0 saturated heterocycles. The Morgan fingerprint density at radius 3 is 2.24 bits per heavy atom. The highest BCUT2D eigenvalue weighted by molar-refractivity contribution is 5.49. The third-order valence-electron chi connectivity index (χ3n) is 2.08. The Kier molecular flexibility index (Phi) is 3.62. The summed E-state index contributed by atoms with van der Waals surface area (Å²) in [5.41, 5.74) is -2.43. The number of nitrogens with zero attached hydrogens (tertiary/aromatic N) is 4. The lowest BCUT2D eigenvalue weighted by molar-refractivity contribution is -0.278. The average Bonchev–Trinajstić information content (AvgIpc) is 2.31. The second-order valence-electron chi connectivity index (χ2n) is 3.14. The van der Waals surface area contributed by atoms with Crippen LogP contribution in [0.15, 0.2) is 34.9 Å². The summed E-state index contributed by atoms with van der Waals surface area (Å²) in [6, 6.07) is 0. The second kappa shape index (κ2) is 4.94. The van der Waals surface area contributed by atoms with Crippen molar-refractivity contribution in [3.63, 3.8) is 0 Å². The van der Waals surface area contributed by atoms with Gasteiger partial charge < -0.3 is 5.11 Å². The summed E-state index contributed by atoms with van der Waals surface area (Å²) >= 11 is 0. The minimum Gasteiger partial charge on any atom is -0.854 e. The van der Waals surface area contributed by atoms with Crippen molar-refractivity contribution in [1.82, 2.24) is 9.13 Å². The molecular weight excluding hydrogens is 224 g/mol. The fraction of sp³-hybridized carbons (Fsp3) is 0.200. The molecule has 0 unspecified atom stereocenters. The molecule has 1 rings (SSSR count). The topological polar surface area (TPSA) is 95.2 Å². The predicted octanol–water partition coefficient (Wildman–Crippen LogP) is -0.0598. The molecule has 17 heavy (non-hydrogen) atoms. The van der Waals surface area contributed by atoms with Gasteiger partial charge in [-0.15, -0.1) is 13.2 Å². The largest absolute Gasteiger partial charge is 0.854 e. The van der Waals surface area contributed by atoms with Gasteiger partial charge in [0.05, 0.1) is 5.88 Å². The van der Waals surface area contributed by atoms with E-state index in [1.165, 1.54) is 12.2 Å². The van der Waals surface area contributed by atoms with Crippen molar-refractivity contribution < 1.29 is 5.11 Å². The normalized spacial score (nSPS) is 9.59. The van der Waals surface area contributed by atoms with Crippen LogP contribution in [0.3, 0.4) is 0 Å². The lowest BCUT2D eigenvalue weighted by atomic mass is 10.4. The number of rotatable bonds is 4. The van der Waals surface area contributed by atoms with Crippen LogP contribution in [0, 0.1) is 5.39 Å². The van der Waals surface area contributed by atoms with Gasteiger partial charge in [-0.1, -0.05) is 12.2 Å². The number of diazo groups is 1. The van der Waals surface area contributed by atoms with Gasteiger partial charge in [0.1, 0.15) is 0 Å². The van der Waals surface area contributed by atoms with Crippen molar-refractivity contribution >= 4 is 5.69 Å². The van der Waals surface area contributed by atoms with Crippen molar-refractivity contribution in [3.05, 3.63) is 51.1 Å². The molecule has 1 aromatic rings. The van der Waals surface area contributed by atoms with Crippen LogP contribution in [0.25, 0.3) is 4.98 Å². The molecule has 7 nitrogen and oxygen atoms in total. The highest BCUT2D eigenvalue weighted by Gasteiger charge is 2.21. The van der Waals surface area contributed by atoms with Crippen LogP contribution >= 0.6 is 0 Å². The Morgan fingerprint density at radius 2 is 1.76 bits per heavy atom. The Balaban J connectivity index is 3.76. The summed E-state index contributed by atoms with van der Waals surface area (Å²) in [5.74, 6) is -0.942. The fourth-order valence-corrected chi connectivity index (χ4v) is 1.33. The monoisotopic (exact) mass is 234 g/mol. The van der Waals surface area contributed by atoms with Gasteiger partial charge in [-0.2, -0.15) is 0 Å². The average molecular weight is 234 g/mol. The van der Waals surface area contributed by atoms with Gasteiger partial charge in [-0.3, -0.25) is 9.36 Å². The van der Waals surface area contributed by atoms with E-state index in [9.17, 15) is 14.7 Å². The molecular formula is C10H10N4O3. The van der Waals surface area contributed by atoms with Gasteiger partial charge in [-0.25, -0.2) is 9.36 Å². The summed E-state index contributed by atoms with van der Waals surface area (Å²) in [6.07, 6.45) is 2.65. The van der Waals surface area contributed by atoms with Gasteiger partial charge >= 0.3 is 16.9 Å². The van der Waals surface area contributed by atoms with Gasteiger partial charge in [-0.05, 0) is 0 Å². The zero-order valence-corrected chi connectivity index (χ0v) is 9.00. The first-order valence-electron chi connectivity index (χ1n) is 4.70. The summed E-state index contributed by atoms with van der Waals surface area (Å²) in [4.78, 5) is 26.0. The van der Waals surface area contributed by atoms with Crippen molar-refractivity contribution in [2.75, 3.05) is 0 Å². The van der Waals surface area contributed by atoms with E-state index in [1.54, 1.807) is 0 Å². The van der Waals surface area contributed by atoms with Gasteiger partial charge in [0, 0.05) is 13.1 Å². The molecule has 0 fully saturated rings. The first-order valence-corrected chi connectivity index (χ1v) is 4.70. The van der Waals surface area contributed by atoms with Crippen molar-refractivity contribution in [2.45, 2.75) is 13.1 Å². The zero-order valence-electron chi connectivity index (χ0n) is 9.00. The highest BCUT2D eigenvalue weighted by Crippen LogP contribution is 2.15. The molecule has 88 valence electrons. The fourth-order valence-electron chi connectivity index (χ4n) is 1.33. The SMILES string of the molecule is C=CCn1c([O-])c([N+]#N)c(=O)n(CC=C)c1=O. The summed E-state index contributed by atoms with van der Waals surface area (Å²) in [6.45, 7) is 6.64. The molecule has 0 N–H and O–H groups in total. The molecule has 1 heterocycles. The Hall–Kier alpha value is -2.62. The van der Waals surface area contributed by atoms with Crippen LogP contribution in [-0.2, 0) is 13.1 Å². The van der Waals surface area contributed by atoms with Crippen LogP contribution < -0.4 is 16.4 Å². The minimum absolute atomic E-state index is 0.0718. The van der Waals surface area contributed by atoms with E-state index in [-0.39, 0.29) is 13.1 Å². The third kappa shape index (κ3) is 2.01. The van der Waals surface area contributed by atoms with E-state index < -0.39 is 22.8 Å². The molecule has 0 aliphatic heterocycles. The van der Waals surface area contributed by atoms with Gasteiger partial charge in [0.25, 0.3) is 0 Å². The van der Waals surface area contributed by atoms with Crippen LogP contribution in [0.5, 0.6) is 5.88 Å². The summed E-state index contributed by atoms with van der Waals surface area (Å²) in [7, 11) is 0. The third-order valence-corrected chi connectivity index (χ3v) is 2.08. The van der Waals surface area contributed by atoms with Crippen molar-refractivity contribution in [3.8, 4) is 5.88 Å². The van der Waals surface area contributed by atoms with E-state index in [0.717, 1.165) is 9.13 Å². The lowest BCUT2D eigenvalue weighted by Crippen LogP contribution is -2.40. The van der Waals surface area contributed by atoms with Gasteiger partial charge in [0.2, 0.25) is 5.39 Å². The number of hydrogen-bond donors (Lipinski definition) is 0. The highest BCUT2D eigenvalue weighted by atomic mass is 16.3. The van der Waals surface area contributed by atoms with E-state index in [0.29, 0.717) is 0 Å². The second-order valence-corrected chi connectivity index (χ2v) is 3.14. The first kappa shape index (κ1) is 12.4. The molecule has 7 heteroatoms. The molecule has 0 atom stereocenters. The Labute approximate surface area is 96.2 Å². The predicted molar refractivity (Wildman–Crippen MR) is 59.5 cm³/mol. The van der Waals surface area contributed by atoms with Crippen LogP contribution in [-0.4, -0.2) is 9.13 Å². The molecule has 0 aliphatic rings. The van der Waals surface area contributed by atoms with E-state index >= 15 is 0 Å². The summed E-state index contributed by atoms with van der Waals surface area (Å²) < 4.78 is 1.51. The quantitative estimate of drug-likeness (QED) is 0.538. The van der Waals surface area contributed by atoms with Gasteiger partial charge in [0.15, 0.2) is 4.98 Å². The maximum atomic E-state index is 11.8. The zero-order chi connectivity index (χ0) is 13.0. The van der Waals surface area contributed by atoms with Crippen LogP contribution in [0.1, 0.15) is 0 Å². The molecule has 0 bridgehead atoms. The minimum atomic E-state index is -0.942. The molecule has 0 radical (unpaired) electrons. The molecule has 0 aliphatic carbocycles. The number of aromatic nitrogens is 2. The maximum absolute atomic E-state index is 11.8. The van der Waals surface area contributed by atoms with E-state index in [2.05, 4.69) is 18.1 Å². The molecule has 1 aromatic heterocycles. The lowest BCUT2D eigenvalue weighted by Gasteiger charge is -2.13. The van der Waals surface area contributed by atoms with E-state index in [1.807, 2.05) is 0 Å². The first-order chi connectivity index (χ1) is 8.08. The van der Waals surface area contributed by atoms with Crippen LogP contribution in [0.4, 0.5) is 5.69 Å². The smallest absolute Gasteiger partial charge is 0.458 e. The molecule has 0 spiro atoms. The van der Waals surface area contributed by atoms with Crippen molar-refractivity contribution in [2.24, 2.45) is 0 Å². The Bertz CT molecular complexity index is 618. The van der Waals surface area contributed by atoms with Crippen LogP contribution in [0.2, 0.25) is 0 Å². The standard InChI is InChI=1S/C10H10N4O3/c1-3-5-13-8(15)7(12-11)9(16)14(6-4-2)10(13)17/h3-4H,1-2,5-6H2. The van der Waals surface area contributed by atoms with Crippen molar-refractivity contribution in [1.29, 1.82) is 5.39 Å². The molecule has 0 aromatic carbocycles. The maximum Gasteiger partial charge on any atom is 0.458 e. The summed E-state index contributed by atoms with van der Waals surface area (Å²) in [5, 5.41) is 20.2. The molecule has 0 saturated carbocycles. The van der Waals surface area contributed by atoms with E-state index in [4.69, 9.17) is 5.39 Å². The Morgan fingerprint density at radius 1 is 1.24 bits per heavy atom. The number of hydrogen-bond acceptors (Lipinski definition) is 4. The molecule has 0 amide bonds. The number of allylic oxidation sites excluding steroid dienone is 2.